The summed E-state index contributed by atoms with van der Waals surface area (Å²) in [6.45, 7) is 0. The average molecular weight is 281 g/mol. The Hall–Kier alpha value is -2.53. The van der Waals surface area contributed by atoms with Gasteiger partial charge in [-0.3, -0.25) is 9.78 Å². The molecule has 0 atom stereocenters. The van der Waals surface area contributed by atoms with Gasteiger partial charge < -0.3 is 5.32 Å². The van der Waals surface area contributed by atoms with Gasteiger partial charge in [-0.25, -0.2) is 4.98 Å². The molecular weight excluding hydrogens is 270 g/mol. The molecule has 3 aromatic rings. The number of anilines is 1. The summed E-state index contributed by atoms with van der Waals surface area (Å²) in [6.07, 6.45) is 4.87. The van der Waals surface area contributed by atoms with Crippen molar-refractivity contribution in [3.8, 4) is 0 Å². The maximum atomic E-state index is 11.9. The lowest BCUT2D eigenvalue weighted by Crippen LogP contribution is -2.08. The summed E-state index contributed by atoms with van der Waals surface area (Å²) in [5, 5.41) is 5.71. The second kappa shape index (κ2) is 5.63. The molecule has 0 radical (unpaired) electrons. The van der Waals surface area contributed by atoms with Gasteiger partial charge in [0.15, 0.2) is 0 Å². The van der Waals surface area contributed by atoms with Crippen LogP contribution in [0.4, 0.5) is 5.69 Å². The molecule has 4 nitrogen and oxygen atoms in total. The van der Waals surface area contributed by atoms with Crippen LogP contribution in [-0.2, 0) is 4.79 Å². The van der Waals surface area contributed by atoms with Crippen LogP contribution in [0.25, 0.3) is 17.0 Å². The molecule has 1 N–H and O–H groups in total. The second-order valence-corrected chi connectivity index (χ2v) is 4.84. The van der Waals surface area contributed by atoms with Gasteiger partial charge in [0, 0.05) is 23.0 Å². The van der Waals surface area contributed by atoms with Gasteiger partial charge in [0.1, 0.15) is 0 Å². The smallest absolute Gasteiger partial charge is 0.248 e. The number of rotatable bonds is 3. The maximum Gasteiger partial charge on any atom is 0.248 e. The van der Waals surface area contributed by atoms with Crippen molar-refractivity contribution in [2.75, 3.05) is 5.32 Å². The lowest BCUT2D eigenvalue weighted by molar-refractivity contribution is -0.111. The fourth-order valence-corrected chi connectivity index (χ4v) is 2.37. The first-order valence-corrected chi connectivity index (χ1v) is 6.98. The number of fused-ring (bicyclic) bond motifs is 1. The van der Waals surface area contributed by atoms with Gasteiger partial charge in [-0.15, -0.1) is 11.3 Å². The summed E-state index contributed by atoms with van der Waals surface area (Å²) < 4.78 is 0. The second-order valence-electron chi connectivity index (χ2n) is 4.12. The molecule has 0 aliphatic carbocycles. The largest absolute Gasteiger partial charge is 0.321 e. The Morgan fingerprint density at radius 1 is 1.20 bits per heavy atom. The molecule has 1 aromatic carbocycles. The molecule has 98 valence electrons. The molecule has 1 amide bonds. The molecule has 0 aliphatic heterocycles. The van der Waals surface area contributed by atoms with E-state index in [4.69, 9.17) is 0 Å². The quantitative estimate of drug-likeness (QED) is 0.749. The highest BCUT2D eigenvalue weighted by molar-refractivity contribution is 7.07. The summed E-state index contributed by atoms with van der Waals surface area (Å²) in [5.41, 5.74) is 3.99. The Labute approximate surface area is 119 Å². The third kappa shape index (κ3) is 2.73. The summed E-state index contributed by atoms with van der Waals surface area (Å²) >= 11 is 1.49. The highest BCUT2D eigenvalue weighted by Gasteiger charge is 2.03. The number of benzene rings is 1. The fraction of sp³-hybridized carbons (Fsp3) is 0. The van der Waals surface area contributed by atoms with E-state index in [0.29, 0.717) is 5.69 Å². The fourth-order valence-electron chi connectivity index (χ4n) is 1.84. The van der Waals surface area contributed by atoms with Crippen molar-refractivity contribution >= 4 is 39.9 Å². The number of thiazole rings is 1. The topological polar surface area (TPSA) is 54.9 Å². The van der Waals surface area contributed by atoms with Crippen LogP contribution in [0.3, 0.4) is 0 Å². The number of nitrogens with one attached hydrogen (secondary N) is 1. The van der Waals surface area contributed by atoms with Gasteiger partial charge in [-0.2, -0.15) is 0 Å². The Balaban J connectivity index is 1.81. The molecule has 0 aliphatic rings. The van der Waals surface area contributed by atoms with Crippen LogP contribution < -0.4 is 5.32 Å². The molecule has 0 spiro atoms. The molecule has 0 saturated carbocycles. The normalized spacial score (nSPS) is 11.0. The predicted octanol–water partition coefficient (Wildman–Crippen LogP) is 3.34. The zero-order valence-corrected chi connectivity index (χ0v) is 11.3. The van der Waals surface area contributed by atoms with Gasteiger partial charge in [0.25, 0.3) is 0 Å². The molecule has 0 bridgehead atoms. The minimum Gasteiger partial charge on any atom is -0.321 e. The van der Waals surface area contributed by atoms with E-state index in [2.05, 4.69) is 15.3 Å². The van der Waals surface area contributed by atoms with Gasteiger partial charge in [0.2, 0.25) is 5.91 Å². The van der Waals surface area contributed by atoms with E-state index in [9.17, 15) is 4.79 Å². The molecule has 0 saturated heterocycles. The van der Waals surface area contributed by atoms with E-state index in [1.165, 1.54) is 17.4 Å². The first-order valence-electron chi connectivity index (χ1n) is 6.04. The Morgan fingerprint density at radius 3 is 2.95 bits per heavy atom. The van der Waals surface area contributed by atoms with Crippen molar-refractivity contribution in [2.24, 2.45) is 0 Å². The molecule has 0 fully saturated rings. The van der Waals surface area contributed by atoms with Crippen molar-refractivity contribution < 1.29 is 4.79 Å². The first-order chi connectivity index (χ1) is 9.83. The minimum atomic E-state index is -0.198. The number of hydrogen-bond acceptors (Lipinski definition) is 4. The third-order valence-corrected chi connectivity index (χ3v) is 3.35. The van der Waals surface area contributed by atoms with Crippen LogP contribution in [0, 0.1) is 0 Å². The summed E-state index contributed by atoms with van der Waals surface area (Å²) in [5.74, 6) is -0.198. The van der Waals surface area contributed by atoms with Crippen molar-refractivity contribution in [3.05, 3.63) is 59.2 Å². The number of carbonyl (C=O) groups excluding carboxylic acids is 1. The number of para-hydroxylation sites is 1. The molecule has 2 heterocycles. The van der Waals surface area contributed by atoms with Gasteiger partial charge in [-0.05, 0) is 18.2 Å². The van der Waals surface area contributed by atoms with Crippen LogP contribution in [0.15, 0.2) is 53.5 Å². The highest BCUT2D eigenvalue weighted by Crippen LogP contribution is 2.20. The lowest BCUT2D eigenvalue weighted by Gasteiger charge is -2.05. The molecule has 0 unspecified atom stereocenters. The van der Waals surface area contributed by atoms with Crippen molar-refractivity contribution in [3.63, 3.8) is 0 Å². The molecule has 5 heteroatoms. The molecule has 3 rings (SSSR count). The zero-order chi connectivity index (χ0) is 13.8. The standard InChI is InChI=1S/C15H11N3OS/c19-14(7-6-12-9-20-10-17-12)18-13-5-1-3-11-4-2-8-16-15(11)13/h1-10H,(H,18,19). The van der Waals surface area contributed by atoms with Gasteiger partial charge >= 0.3 is 0 Å². The van der Waals surface area contributed by atoms with Gasteiger partial charge in [-0.1, -0.05) is 18.2 Å². The number of aromatic nitrogens is 2. The van der Waals surface area contributed by atoms with Crippen molar-refractivity contribution in [1.82, 2.24) is 9.97 Å². The minimum absolute atomic E-state index is 0.198. The predicted molar refractivity (Wildman–Crippen MR) is 81.5 cm³/mol. The van der Waals surface area contributed by atoms with Crippen LogP contribution in [-0.4, -0.2) is 15.9 Å². The van der Waals surface area contributed by atoms with E-state index in [1.807, 2.05) is 35.7 Å². The average Bonchev–Trinajstić information content (AvgIpc) is 2.99. The zero-order valence-electron chi connectivity index (χ0n) is 10.5. The highest BCUT2D eigenvalue weighted by atomic mass is 32.1. The van der Waals surface area contributed by atoms with Gasteiger partial charge in [0.05, 0.1) is 22.4 Å². The van der Waals surface area contributed by atoms with E-state index in [-0.39, 0.29) is 5.91 Å². The Bertz CT molecular complexity index is 760. The summed E-state index contributed by atoms with van der Waals surface area (Å²) in [4.78, 5) is 20.3. The monoisotopic (exact) mass is 281 g/mol. The van der Waals surface area contributed by atoms with Crippen LogP contribution >= 0.6 is 11.3 Å². The van der Waals surface area contributed by atoms with E-state index >= 15 is 0 Å². The number of carbonyl (C=O) groups is 1. The molecular formula is C15H11N3OS. The Kier molecular flexibility index (Phi) is 3.52. The van der Waals surface area contributed by atoms with E-state index in [0.717, 1.165) is 16.6 Å². The number of nitrogens with zero attached hydrogens (tertiary/aromatic N) is 2. The molecule has 2 aromatic heterocycles. The van der Waals surface area contributed by atoms with Crippen molar-refractivity contribution in [2.45, 2.75) is 0 Å². The summed E-state index contributed by atoms with van der Waals surface area (Å²) in [6, 6.07) is 9.52. The van der Waals surface area contributed by atoms with E-state index in [1.54, 1.807) is 17.8 Å². The third-order valence-electron chi connectivity index (χ3n) is 2.75. The number of hydrogen-bond donors (Lipinski definition) is 1. The Morgan fingerprint density at radius 2 is 2.10 bits per heavy atom. The van der Waals surface area contributed by atoms with Crippen molar-refractivity contribution in [1.29, 1.82) is 0 Å². The number of pyridine rings is 1. The summed E-state index contributed by atoms with van der Waals surface area (Å²) in [7, 11) is 0. The van der Waals surface area contributed by atoms with Crippen LogP contribution in [0.2, 0.25) is 0 Å². The number of amides is 1. The lowest BCUT2D eigenvalue weighted by atomic mass is 10.2. The maximum absolute atomic E-state index is 11.9. The SMILES string of the molecule is O=C(C=Cc1cscn1)Nc1cccc2cccnc12. The molecule has 20 heavy (non-hydrogen) atoms. The van der Waals surface area contributed by atoms with E-state index < -0.39 is 0 Å². The first kappa shape index (κ1) is 12.5. The van der Waals surface area contributed by atoms with Crippen LogP contribution in [0.5, 0.6) is 0 Å². The van der Waals surface area contributed by atoms with Crippen LogP contribution in [0.1, 0.15) is 5.69 Å².